The number of primary amides is 2. The Hall–Kier alpha value is -1.26. The first kappa shape index (κ1) is 9.83. The molecule has 0 aromatic heterocycles. The third-order valence-electron chi connectivity index (χ3n) is 2.42. The fraction of sp³-hybridized carbons (Fsp3) is 0.750. The van der Waals surface area contributed by atoms with Gasteiger partial charge in [-0.25, -0.2) is 4.79 Å². The van der Waals surface area contributed by atoms with E-state index < -0.39 is 0 Å². The average molecular weight is 185 g/mol. The van der Waals surface area contributed by atoms with Crippen LogP contribution in [0.3, 0.4) is 0 Å². The van der Waals surface area contributed by atoms with Crippen molar-refractivity contribution < 1.29 is 9.59 Å². The molecule has 1 aliphatic rings. The fourth-order valence-electron chi connectivity index (χ4n) is 1.64. The van der Waals surface area contributed by atoms with E-state index in [0.717, 1.165) is 12.8 Å². The van der Waals surface area contributed by atoms with Gasteiger partial charge in [-0.15, -0.1) is 0 Å². The smallest absolute Gasteiger partial charge is 0.314 e. The summed E-state index contributed by atoms with van der Waals surface area (Å²) in [5.74, 6) is 0.0608. The summed E-state index contributed by atoms with van der Waals surface area (Å²) in [7, 11) is 0. The zero-order valence-electron chi connectivity index (χ0n) is 7.53. The molecular weight excluding hydrogens is 170 g/mol. The van der Waals surface area contributed by atoms with Gasteiger partial charge in [0.15, 0.2) is 0 Å². The van der Waals surface area contributed by atoms with Crippen LogP contribution in [0.5, 0.6) is 0 Å². The van der Waals surface area contributed by atoms with Crippen molar-refractivity contribution in [1.29, 1.82) is 0 Å². The van der Waals surface area contributed by atoms with E-state index in [0.29, 0.717) is 25.4 Å². The lowest BCUT2D eigenvalue weighted by Crippen LogP contribution is -2.42. The summed E-state index contributed by atoms with van der Waals surface area (Å²) in [5, 5.41) is 0. The zero-order valence-corrected chi connectivity index (χ0v) is 7.53. The van der Waals surface area contributed by atoms with E-state index >= 15 is 0 Å². The topological polar surface area (TPSA) is 89.4 Å². The number of carbonyl (C=O) groups excluding carboxylic acids is 2. The molecule has 1 fully saturated rings. The maximum atomic E-state index is 10.7. The van der Waals surface area contributed by atoms with E-state index in [4.69, 9.17) is 11.5 Å². The number of urea groups is 1. The molecule has 3 amide bonds. The van der Waals surface area contributed by atoms with Crippen molar-refractivity contribution >= 4 is 11.9 Å². The molecule has 1 heterocycles. The lowest BCUT2D eigenvalue weighted by atomic mass is 9.93. The molecule has 1 aliphatic heterocycles. The highest BCUT2D eigenvalue weighted by Gasteiger charge is 2.21. The quantitative estimate of drug-likeness (QED) is 0.615. The van der Waals surface area contributed by atoms with Gasteiger partial charge in [0.05, 0.1) is 0 Å². The Morgan fingerprint density at radius 3 is 2.15 bits per heavy atom. The molecule has 0 unspecified atom stereocenters. The van der Waals surface area contributed by atoms with Crippen LogP contribution in [0.15, 0.2) is 0 Å². The first-order valence-corrected chi connectivity index (χ1v) is 4.42. The maximum Gasteiger partial charge on any atom is 0.314 e. The monoisotopic (exact) mass is 185 g/mol. The van der Waals surface area contributed by atoms with Gasteiger partial charge in [0.2, 0.25) is 5.91 Å². The van der Waals surface area contributed by atoms with Crippen LogP contribution in [0.4, 0.5) is 4.79 Å². The van der Waals surface area contributed by atoms with E-state index in [9.17, 15) is 9.59 Å². The first-order chi connectivity index (χ1) is 6.09. The minimum atomic E-state index is -0.377. The van der Waals surface area contributed by atoms with Gasteiger partial charge in [-0.2, -0.15) is 0 Å². The minimum absolute atomic E-state index is 0.266. The number of likely N-dealkylation sites (tertiary alicyclic amines) is 1. The van der Waals surface area contributed by atoms with Crippen molar-refractivity contribution in [3.8, 4) is 0 Å². The van der Waals surface area contributed by atoms with Crippen molar-refractivity contribution in [2.45, 2.75) is 19.3 Å². The largest absolute Gasteiger partial charge is 0.370 e. The Balaban J connectivity index is 2.30. The van der Waals surface area contributed by atoms with Gasteiger partial charge in [0.1, 0.15) is 0 Å². The molecule has 4 N–H and O–H groups in total. The molecule has 0 spiro atoms. The number of hydrogen-bond acceptors (Lipinski definition) is 2. The molecule has 5 nitrogen and oxygen atoms in total. The Bertz CT molecular complexity index is 209. The van der Waals surface area contributed by atoms with Crippen LogP contribution < -0.4 is 11.5 Å². The summed E-state index contributed by atoms with van der Waals surface area (Å²) in [5.41, 5.74) is 10.2. The van der Waals surface area contributed by atoms with Crippen LogP contribution in [0.2, 0.25) is 0 Å². The predicted molar refractivity (Wildman–Crippen MR) is 47.7 cm³/mol. The summed E-state index contributed by atoms with van der Waals surface area (Å²) in [6, 6.07) is -0.377. The molecule has 0 radical (unpaired) electrons. The summed E-state index contributed by atoms with van der Waals surface area (Å²) >= 11 is 0. The number of rotatable bonds is 2. The number of nitrogens with zero attached hydrogens (tertiary/aromatic N) is 1. The average Bonchev–Trinajstić information content (AvgIpc) is 2.04. The highest BCUT2D eigenvalue weighted by atomic mass is 16.2. The summed E-state index contributed by atoms with van der Waals surface area (Å²) in [6.07, 6.45) is 2.07. The molecule has 74 valence electrons. The second-order valence-corrected chi connectivity index (χ2v) is 3.44. The molecular formula is C8H15N3O2. The number of nitrogens with two attached hydrogens (primary N) is 2. The van der Waals surface area contributed by atoms with Crippen LogP contribution in [-0.2, 0) is 4.79 Å². The van der Waals surface area contributed by atoms with Crippen molar-refractivity contribution in [3.05, 3.63) is 0 Å². The highest BCUT2D eigenvalue weighted by molar-refractivity contribution is 5.74. The van der Waals surface area contributed by atoms with E-state index in [1.807, 2.05) is 0 Å². The molecule has 0 bridgehead atoms. The van der Waals surface area contributed by atoms with E-state index in [1.165, 1.54) is 0 Å². The summed E-state index contributed by atoms with van der Waals surface area (Å²) < 4.78 is 0. The van der Waals surface area contributed by atoms with Gasteiger partial charge in [-0.3, -0.25) is 4.79 Å². The molecule has 13 heavy (non-hydrogen) atoms. The second-order valence-electron chi connectivity index (χ2n) is 3.44. The van der Waals surface area contributed by atoms with Gasteiger partial charge < -0.3 is 16.4 Å². The molecule has 0 saturated carbocycles. The van der Waals surface area contributed by atoms with Crippen LogP contribution in [0.1, 0.15) is 19.3 Å². The molecule has 0 aromatic carbocycles. The SMILES string of the molecule is NC(=O)CC1CCN(C(N)=O)CC1. The normalized spacial score (nSPS) is 18.6. The van der Waals surface area contributed by atoms with Crippen molar-refractivity contribution in [3.63, 3.8) is 0 Å². The van der Waals surface area contributed by atoms with Crippen LogP contribution in [0.25, 0.3) is 0 Å². The van der Waals surface area contributed by atoms with E-state index in [-0.39, 0.29) is 11.9 Å². The third-order valence-corrected chi connectivity index (χ3v) is 2.42. The van der Waals surface area contributed by atoms with Gasteiger partial charge in [-0.05, 0) is 18.8 Å². The molecule has 1 rings (SSSR count). The number of hydrogen-bond donors (Lipinski definition) is 2. The number of piperidine rings is 1. The zero-order chi connectivity index (χ0) is 9.84. The third kappa shape index (κ3) is 2.93. The fourth-order valence-corrected chi connectivity index (χ4v) is 1.64. The predicted octanol–water partition coefficient (Wildman–Crippen LogP) is -0.348. The Kier molecular flexibility index (Phi) is 3.11. The maximum absolute atomic E-state index is 10.7. The second kappa shape index (κ2) is 4.11. The Morgan fingerprint density at radius 2 is 1.77 bits per heavy atom. The van der Waals surface area contributed by atoms with Crippen molar-refractivity contribution in [2.75, 3.05) is 13.1 Å². The van der Waals surface area contributed by atoms with Crippen LogP contribution in [-0.4, -0.2) is 29.9 Å². The van der Waals surface area contributed by atoms with Crippen molar-refractivity contribution in [1.82, 2.24) is 4.90 Å². The molecule has 1 saturated heterocycles. The van der Waals surface area contributed by atoms with E-state index in [1.54, 1.807) is 4.90 Å². The lowest BCUT2D eigenvalue weighted by molar-refractivity contribution is -0.119. The summed E-state index contributed by atoms with van der Waals surface area (Å²) in [4.78, 5) is 22.9. The van der Waals surface area contributed by atoms with Crippen LogP contribution >= 0.6 is 0 Å². The van der Waals surface area contributed by atoms with Crippen LogP contribution in [0, 0.1) is 5.92 Å². The van der Waals surface area contributed by atoms with Crippen molar-refractivity contribution in [2.24, 2.45) is 17.4 Å². The lowest BCUT2D eigenvalue weighted by Gasteiger charge is -2.29. The standard InChI is InChI=1S/C8H15N3O2/c9-7(12)5-6-1-3-11(4-2-6)8(10)13/h6H,1-5H2,(H2,9,12)(H2,10,13). The molecule has 0 aliphatic carbocycles. The number of carbonyl (C=O) groups is 2. The molecule has 0 aromatic rings. The van der Waals surface area contributed by atoms with Gasteiger partial charge in [0.25, 0.3) is 0 Å². The van der Waals surface area contributed by atoms with Gasteiger partial charge >= 0.3 is 6.03 Å². The molecule has 0 atom stereocenters. The minimum Gasteiger partial charge on any atom is -0.370 e. The Morgan fingerprint density at radius 1 is 1.23 bits per heavy atom. The van der Waals surface area contributed by atoms with Gasteiger partial charge in [-0.1, -0.05) is 0 Å². The molecule has 5 heteroatoms. The number of amides is 3. The van der Waals surface area contributed by atoms with Gasteiger partial charge in [0, 0.05) is 19.5 Å². The summed E-state index contributed by atoms with van der Waals surface area (Å²) in [6.45, 7) is 1.29. The first-order valence-electron chi connectivity index (χ1n) is 4.42. The van der Waals surface area contributed by atoms with E-state index in [2.05, 4.69) is 0 Å². The Labute approximate surface area is 77.1 Å². The highest BCUT2D eigenvalue weighted by Crippen LogP contribution is 2.19.